The highest BCUT2D eigenvalue weighted by molar-refractivity contribution is 6.31. The van der Waals surface area contributed by atoms with Crippen molar-refractivity contribution in [1.29, 1.82) is 0 Å². The van der Waals surface area contributed by atoms with Crippen molar-refractivity contribution in [2.45, 2.75) is 20.8 Å². The topological polar surface area (TPSA) is 233 Å². The van der Waals surface area contributed by atoms with Crippen LogP contribution in [-0.4, -0.2) is 84.3 Å². The average molecular weight is 956 g/mol. The van der Waals surface area contributed by atoms with Gasteiger partial charge in [0.15, 0.2) is 5.69 Å². The van der Waals surface area contributed by atoms with E-state index in [2.05, 4.69) is 106 Å². The lowest BCUT2D eigenvalue weighted by atomic mass is 10.3. The van der Waals surface area contributed by atoms with Gasteiger partial charge < -0.3 is 41.5 Å². The van der Waals surface area contributed by atoms with E-state index in [9.17, 15) is 0 Å². The standard InChI is InChI=1S/C18H13N7.C11H8ClN5.C7H7N3.C6H15N.C4H2Cl2N2/c1-19-12-3-2-4-13(9-12)24-18-20-8-7-17(25-18)23-14-5-6-15-16(10-14)22-11-21-15;12-11-13-4-3-10(17-11)16-7-1-2-8-9(5-7)15-6-14-8;8-5-1-2-6-7(3-5)10-4-9-6;1-4-7(5-2)6-3;5-3-1-2-7-4(6)8-3/h2-11H,(H,21,22)(H2,20,23,24,25);1-6H,(H,14,15)(H,13,16,17);1-4H,8H2,(H,9,10);4-6H2,1-3H3;1-2H. The molecule has 6 heterocycles. The Morgan fingerprint density at radius 2 is 1.06 bits per heavy atom. The van der Waals surface area contributed by atoms with Crippen molar-refractivity contribution in [2.75, 3.05) is 41.3 Å². The summed E-state index contributed by atoms with van der Waals surface area (Å²) < 4.78 is 0. The summed E-state index contributed by atoms with van der Waals surface area (Å²) in [6, 6.07) is 29.5. The first kappa shape index (κ1) is 48.5. The second-order valence-corrected chi connectivity index (χ2v) is 14.8. The van der Waals surface area contributed by atoms with E-state index < -0.39 is 0 Å². The number of benzene rings is 4. The summed E-state index contributed by atoms with van der Waals surface area (Å²) in [5.41, 5.74) is 15.1. The van der Waals surface area contributed by atoms with Gasteiger partial charge in [0.05, 0.1) is 58.7 Å². The van der Waals surface area contributed by atoms with Gasteiger partial charge in [-0.1, -0.05) is 44.5 Å². The Hall–Kier alpha value is -7.95. The molecule has 0 aliphatic heterocycles. The van der Waals surface area contributed by atoms with Crippen molar-refractivity contribution in [1.82, 2.24) is 64.7 Å². The Morgan fingerprint density at radius 1 is 0.552 bits per heavy atom. The van der Waals surface area contributed by atoms with Crippen LogP contribution in [0.3, 0.4) is 0 Å². The second-order valence-electron chi connectivity index (χ2n) is 13.7. The van der Waals surface area contributed by atoms with Gasteiger partial charge in [-0.3, -0.25) is 0 Å². The zero-order valence-electron chi connectivity index (χ0n) is 36.5. The van der Waals surface area contributed by atoms with E-state index in [1.54, 1.807) is 61.7 Å². The van der Waals surface area contributed by atoms with Crippen LogP contribution in [0.25, 0.3) is 37.9 Å². The predicted molar refractivity (Wildman–Crippen MR) is 270 cm³/mol. The van der Waals surface area contributed by atoms with Crippen LogP contribution in [0.2, 0.25) is 15.7 Å². The second kappa shape index (κ2) is 24.9. The molecule has 8 N–H and O–H groups in total. The third-order valence-electron chi connectivity index (χ3n) is 9.28. The molecule has 67 heavy (non-hydrogen) atoms. The number of nitrogens with zero attached hydrogens (tertiary/aromatic N) is 11. The summed E-state index contributed by atoms with van der Waals surface area (Å²) >= 11 is 16.5. The lowest BCUT2D eigenvalue weighted by molar-refractivity contribution is 0.321. The summed E-state index contributed by atoms with van der Waals surface area (Å²) in [5.74, 6) is 1.77. The van der Waals surface area contributed by atoms with E-state index in [-0.39, 0.29) is 10.6 Å². The maximum Gasteiger partial charge on any atom is 0.229 e. The molecule has 18 nitrogen and oxygen atoms in total. The summed E-state index contributed by atoms with van der Waals surface area (Å²) in [7, 11) is 0. The number of hydrogen-bond acceptors (Lipinski definition) is 14. The number of halogens is 3. The molecule has 0 unspecified atom stereocenters. The molecule has 10 rings (SSSR count). The molecule has 0 amide bonds. The largest absolute Gasteiger partial charge is 0.399 e. The van der Waals surface area contributed by atoms with Crippen LogP contribution in [0.15, 0.2) is 135 Å². The number of fused-ring (bicyclic) bond motifs is 3. The van der Waals surface area contributed by atoms with Gasteiger partial charge in [-0.2, -0.15) is 4.98 Å². The molecule has 0 spiro atoms. The zero-order valence-corrected chi connectivity index (χ0v) is 38.7. The SMILES string of the molecule is CCN(CC)CC.Clc1ccnc(Cl)n1.Clc1nccc(Nc2ccc3nc[nH]c3c2)n1.Nc1ccc2nc[nH]c2c1.[C-]#[N+]c1cccc(Nc2nccc(Nc3ccc4nc[nH]c4c3)n2)c1. The number of rotatable bonds is 9. The van der Waals surface area contributed by atoms with E-state index in [1.165, 1.54) is 25.8 Å². The van der Waals surface area contributed by atoms with Crippen molar-refractivity contribution >= 4 is 114 Å². The van der Waals surface area contributed by atoms with Crippen LogP contribution in [0.5, 0.6) is 0 Å². The molecule has 0 saturated carbocycles. The van der Waals surface area contributed by atoms with Crippen LogP contribution in [0, 0.1) is 6.57 Å². The minimum absolute atomic E-state index is 0.178. The first-order chi connectivity index (χ1) is 32.6. The zero-order chi connectivity index (χ0) is 47.4. The molecule has 10 aromatic rings. The molecule has 0 radical (unpaired) electrons. The predicted octanol–water partition coefficient (Wildman–Crippen LogP) is 11.4. The van der Waals surface area contributed by atoms with E-state index >= 15 is 0 Å². The van der Waals surface area contributed by atoms with Crippen LogP contribution in [-0.2, 0) is 0 Å². The lowest BCUT2D eigenvalue weighted by Crippen LogP contribution is -2.21. The minimum atomic E-state index is 0.178. The van der Waals surface area contributed by atoms with E-state index in [1.807, 2.05) is 66.7 Å². The maximum atomic E-state index is 7.07. The molecule has 0 aliphatic carbocycles. The third-order valence-corrected chi connectivity index (χ3v) is 9.85. The number of nitrogens with two attached hydrogens (primary N) is 1. The van der Waals surface area contributed by atoms with Gasteiger partial charge in [0.2, 0.25) is 16.5 Å². The van der Waals surface area contributed by atoms with Crippen molar-refractivity contribution in [3.63, 3.8) is 0 Å². The fourth-order valence-electron chi connectivity index (χ4n) is 5.94. The first-order valence-electron chi connectivity index (χ1n) is 20.6. The number of nitrogens with one attached hydrogen (secondary N) is 6. The number of aromatic nitrogens is 12. The Morgan fingerprint density at radius 3 is 1.57 bits per heavy atom. The van der Waals surface area contributed by atoms with Gasteiger partial charge >= 0.3 is 0 Å². The highest BCUT2D eigenvalue weighted by Crippen LogP contribution is 2.23. The van der Waals surface area contributed by atoms with Crippen molar-refractivity contribution in [3.05, 3.63) is 162 Å². The quantitative estimate of drug-likeness (QED) is 0.0309. The molecule has 6 aromatic heterocycles. The van der Waals surface area contributed by atoms with Crippen molar-refractivity contribution < 1.29 is 0 Å². The summed E-state index contributed by atoms with van der Waals surface area (Å²) in [6.45, 7) is 17.2. The molecular weight excluding hydrogens is 911 g/mol. The Kier molecular flexibility index (Phi) is 18.1. The number of aromatic amines is 3. The molecule has 4 aromatic carbocycles. The monoisotopic (exact) mass is 954 g/mol. The first-order valence-corrected chi connectivity index (χ1v) is 21.8. The van der Waals surface area contributed by atoms with E-state index in [0.717, 1.165) is 55.8 Å². The fourth-order valence-corrected chi connectivity index (χ4v) is 6.41. The Labute approximate surface area is 400 Å². The summed E-state index contributed by atoms with van der Waals surface area (Å²) in [6.07, 6.45) is 9.76. The van der Waals surface area contributed by atoms with Gasteiger partial charge in [0, 0.05) is 41.3 Å². The minimum Gasteiger partial charge on any atom is -0.399 e. The number of hydrogen-bond donors (Lipinski definition) is 7. The molecule has 0 aliphatic rings. The summed E-state index contributed by atoms with van der Waals surface area (Å²) in [4.78, 5) is 51.0. The molecule has 0 atom stereocenters. The highest BCUT2D eigenvalue weighted by atomic mass is 35.5. The molecule has 0 bridgehead atoms. The maximum absolute atomic E-state index is 7.07. The number of H-pyrrole nitrogens is 3. The van der Waals surface area contributed by atoms with Crippen LogP contribution >= 0.6 is 34.8 Å². The molecule has 21 heteroatoms. The van der Waals surface area contributed by atoms with Gasteiger partial charge in [-0.25, -0.2) is 44.7 Å². The fraction of sp³-hybridized carbons (Fsp3) is 0.130. The highest BCUT2D eigenvalue weighted by Gasteiger charge is 2.05. The van der Waals surface area contributed by atoms with E-state index in [4.69, 9.17) is 47.1 Å². The van der Waals surface area contributed by atoms with Gasteiger partial charge in [-0.05, 0) is 128 Å². The molecule has 0 fully saturated rings. The summed E-state index contributed by atoms with van der Waals surface area (Å²) in [5, 5.41) is 10.3. The number of imidazole rings is 3. The third kappa shape index (κ3) is 15.3. The smallest absolute Gasteiger partial charge is 0.229 e. The molecule has 340 valence electrons. The lowest BCUT2D eigenvalue weighted by Gasteiger charge is -2.13. The van der Waals surface area contributed by atoms with Crippen molar-refractivity contribution in [2.24, 2.45) is 0 Å². The molecule has 0 saturated heterocycles. The Bertz CT molecular complexity index is 3120. The van der Waals surface area contributed by atoms with E-state index in [0.29, 0.717) is 28.4 Å². The normalized spacial score (nSPS) is 10.3. The van der Waals surface area contributed by atoms with Gasteiger partial charge in [0.1, 0.15) is 16.8 Å². The number of nitrogen functional groups attached to an aromatic ring is 1. The number of anilines is 7. The van der Waals surface area contributed by atoms with Crippen molar-refractivity contribution in [3.8, 4) is 0 Å². The van der Waals surface area contributed by atoms with Gasteiger partial charge in [0.25, 0.3) is 0 Å². The Balaban J connectivity index is 0.000000152. The van der Waals surface area contributed by atoms with Gasteiger partial charge in [-0.15, -0.1) is 0 Å². The van der Waals surface area contributed by atoms with Crippen LogP contribution < -0.4 is 21.7 Å². The average Bonchev–Trinajstić information content (AvgIpc) is 4.12. The molecular formula is C46H45Cl3N18. The van der Waals surface area contributed by atoms with Crippen LogP contribution in [0.1, 0.15) is 20.8 Å². The van der Waals surface area contributed by atoms with Crippen LogP contribution in [0.4, 0.5) is 46.0 Å².